The molecule has 0 aliphatic carbocycles. The number of carbonyl (C=O) groups excluding carboxylic acids is 1. The van der Waals surface area contributed by atoms with E-state index in [-0.39, 0.29) is 29.3 Å². The van der Waals surface area contributed by atoms with Crippen molar-refractivity contribution in [2.45, 2.75) is 19.8 Å². The number of phenolic OH excluding ortho intramolecular Hbond substituents is 1. The van der Waals surface area contributed by atoms with E-state index in [1.54, 1.807) is 30.3 Å². The van der Waals surface area contributed by atoms with E-state index in [9.17, 15) is 14.7 Å². The van der Waals surface area contributed by atoms with Crippen molar-refractivity contribution in [3.05, 3.63) is 76.2 Å². The van der Waals surface area contributed by atoms with E-state index in [4.69, 9.17) is 16.7 Å². The van der Waals surface area contributed by atoms with Crippen LogP contribution in [-0.4, -0.2) is 22.1 Å². The Hall–Kier alpha value is -2.70. The number of benzene rings is 2. The maximum Gasteiger partial charge on any atom is 0.337 e. The third-order valence-electron chi connectivity index (χ3n) is 3.80. The lowest BCUT2D eigenvalue weighted by molar-refractivity contribution is -0.116. The molecule has 0 radical (unpaired) electrons. The monoisotopic (exact) mass is 417 g/mol. The summed E-state index contributed by atoms with van der Waals surface area (Å²) in [5, 5.41) is 21.7. The number of hydrogen-bond donors (Lipinski definition) is 3. The molecule has 0 aliphatic heterocycles. The molecule has 0 unspecified atom stereocenters. The van der Waals surface area contributed by atoms with E-state index < -0.39 is 5.97 Å². The molecular formula is C21H20ClNO4S. The van der Waals surface area contributed by atoms with Crippen LogP contribution in [0.15, 0.2) is 60.0 Å². The molecule has 146 valence electrons. The van der Waals surface area contributed by atoms with E-state index in [1.165, 1.54) is 23.9 Å². The van der Waals surface area contributed by atoms with E-state index in [2.05, 4.69) is 11.9 Å². The average molecular weight is 418 g/mol. The molecule has 0 heterocycles. The molecule has 0 aliphatic rings. The molecule has 1 amide bonds. The quantitative estimate of drug-likeness (QED) is 0.507. The summed E-state index contributed by atoms with van der Waals surface area (Å²) in [5.74, 6) is -1.30. The molecule has 2 aromatic rings. The summed E-state index contributed by atoms with van der Waals surface area (Å²) in [5.41, 5.74) is 1.08. The number of thioether (sulfide) groups is 1. The predicted molar refractivity (Wildman–Crippen MR) is 115 cm³/mol. The Morgan fingerprint density at radius 3 is 2.54 bits per heavy atom. The summed E-state index contributed by atoms with van der Waals surface area (Å²) in [7, 11) is 0. The second-order valence-corrected chi connectivity index (χ2v) is 7.49. The third kappa shape index (κ3) is 5.90. The number of aromatic carboxylic acids is 1. The lowest BCUT2D eigenvalue weighted by atomic mass is 10.1. The number of rotatable bonds is 8. The van der Waals surface area contributed by atoms with Gasteiger partial charge in [-0.1, -0.05) is 48.2 Å². The highest BCUT2D eigenvalue weighted by Crippen LogP contribution is 2.38. The minimum absolute atomic E-state index is 0.0437. The number of carboxylic acid groups (broad SMARTS) is 1. The first-order chi connectivity index (χ1) is 13.3. The van der Waals surface area contributed by atoms with Gasteiger partial charge in [0.25, 0.3) is 0 Å². The van der Waals surface area contributed by atoms with E-state index in [1.807, 2.05) is 13.0 Å². The number of amides is 1. The van der Waals surface area contributed by atoms with Gasteiger partial charge < -0.3 is 15.5 Å². The maximum atomic E-state index is 12.2. The summed E-state index contributed by atoms with van der Waals surface area (Å²) >= 11 is 7.59. The zero-order chi connectivity index (χ0) is 20.7. The molecule has 28 heavy (non-hydrogen) atoms. The van der Waals surface area contributed by atoms with Gasteiger partial charge in [-0.2, -0.15) is 0 Å². The number of nitrogens with one attached hydrogen (secondary N) is 1. The summed E-state index contributed by atoms with van der Waals surface area (Å²) in [6, 6.07) is 11.0. The number of phenols is 1. The molecule has 0 bridgehead atoms. The van der Waals surface area contributed by atoms with Crippen LogP contribution in [0.25, 0.3) is 4.91 Å². The van der Waals surface area contributed by atoms with Crippen molar-refractivity contribution in [3.63, 3.8) is 0 Å². The van der Waals surface area contributed by atoms with Gasteiger partial charge in [0.1, 0.15) is 5.75 Å². The zero-order valence-electron chi connectivity index (χ0n) is 15.2. The highest BCUT2D eigenvalue weighted by Gasteiger charge is 2.13. The van der Waals surface area contributed by atoms with Crippen molar-refractivity contribution in [1.82, 2.24) is 0 Å². The number of halogens is 1. The fourth-order valence-corrected chi connectivity index (χ4v) is 3.68. The average Bonchev–Trinajstić information content (AvgIpc) is 2.65. The number of carboxylic acids is 1. The molecule has 3 N–H and O–H groups in total. The summed E-state index contributed by atoms with van der Waals surface area (Å²) < 4.78 is 0. The zero-order valence-corrected chi connectivity index (χ0v) is 16.8. The van der Waals surface area contributed by atoms with Gasteiger partial charge in [0.15, 0.2) is 0 Å². The second kappa shape index (κ2) is 10.0. The van der Waals surface area contributed by atoms with E-state index in [0.29, 0.717) is 11.4 Å². The first-order valence-corrected chi connectivity index (χ1v) is 9.64. The maximum absolute atomic E-state index is 12.2. The summed E-state index contributed by atoms with van der Waals surface area (Å²) in [6.07, 6.45) is 2.47. The summed E-state index contributed by atoms with van der Waals surface area (Å²) in [4.78, 5) is 25.0. The Morgan fingerprint density at radius 1 is 1.18 bits per heavy atom. The first kappa shape index (κ1) is 21.6. The van der Waals surface area contributed by atoms with Gasteiger partial charge in [0.05, 0.1) is 16.3 Å². The van der Waals surface area contributed by atoms with Crippen LogP contribution in [0.3, 0.4) is 0 Å². The largest absolute Gasteiger partial charge is 0.508 e. The van der Waals surface area contributed by atoms with Gasteiger partial charge in [-0.3, -0.25) is 4.79 Å². The van der Waals surface area contributed by atoms with E-state index >= 15 is 0 Å². The normalized spacial score (nSPS) is 11.1. The minimum Gasteiger partial charge on any atom is -0.508 e. The number of allylic oxidation sites excluding steroid dienone is 2. The molecule has 5 nitrogen and oxygen atoms in total. The van der Waals surface area contributed by atoms with Crippen molar-refractivity contribution in [2.75, 3.05) is 5.32 Å². The fourth-order valence-electron chi connectivity index (χ4n) is 2.42. The van der Waals surface area contributed by atoms with Gasteiger partial charge in [0, 0.05) is 16.9 Å². The Morgan fingerprint density at radius 2 is 1.89 bits per heavy atom. The Bertz CT molecular complexity index is 940. The molecular weight excluding hydrogens is 398 g/mol. The van der Waals surface area contributed by atoms with Crippen molar-refractivity contribution < 1.29 is 19.8 Å². The topological polar surface area (TPSA) is 86.6 Å². The lowest BCUT2D eigenvalue weighted by Crippen LogP contribution is -2.14. The van der Waals surface area contributed by atoms with Crippen LogP contribution in [-0.2, 0) is 4.79 Å². The standard InChI is InChI=1S/C21H20ClNO4S/c1-3-19(15-10-9-14(24)12-17(15)22)28-13(2)8-11-20(25)23-18-7-5-4-6-16(18)21(26)27/h3-7,9-10,12,24H,2,8,11H2,1H3,(H,23,25)(H,26,27)/b19-3-. The molecule has 0 spiro atoms. The smallest absolute Gasteiger partial charge is 0.337 e. The highest BCUT2D eigenvalue weighted by molar-refractivity contribution is 8.11. The van der Waals surface area contributed by atoms with Gasteiger partial charge in [-0.15, -0.1) is 0 Å². The highest BCUT2D eigenvalue weighted by atomic mass is 35.5. The molecule has 0 saturated carbocycles. The van der Waals surface area contributed by atoms with Crippen molar-refractivity contribution in [1.29, 1.82) is 0 Å². The van der Waals surface area contributed by atoms with Gasteiger partial charge in [-0.25, -0.2) is 4.79 Å². The number of anilines is 1. The van der Waals surface area contributed by atoms with Crippen LogP contribution in [0.5, 0.6) is 5.75 Å². The minimum atomic E-state index is -1.10. The first-order valence-electron chi connectivity index (χ1n) is 8.44. The third-order valence-corrected chi connectivity index (χ3v) is 5.28. The van der Waals surface area contributed by atoms with Gasteiger partial charge in [-0.05, 0) is 48.6 Å². The van der Waals surface area contributed by atoms with Gasteiger partial charge in [0.2, 0.25) is 5.91 Å². The Kier molecular flexibility index (Phi) is 7.72. The van der Waals surface area contributed by atoms with Crippen molar-refractivity contribution in [2.24, 2.45) is 0 Å². The molecule has 2 aromatic carbocycles. The van der Waals surface area contributed by atoms with Crippen molar-refractivity contribution >= 4 is 45.8 Å². The molecule has 2 rings (SSSR count). The van der Waals surface area contributed by atoms with Crippen LogP contribution < -0.4 is 5.32 Å². The number of carbonyl (C=O) groups is 2. The number of aromatic hydroxyl groups is 1. The van der Waals surface area contributed by atoms with Crippen LogP contribution in [0.1, 0.15) is 35.7 Å². The SMILES string of the molecule is C=C(CCC(=O)Nc1ccccc1C(=O)O)S/C(=C\C)c1ccc(O)cc1Cl. The predicted octanol–water partition coefficient (Wildman–Crippen LogP) is 5.77. The molecule has 7 heteroatoms. The molecule has 0 saturated heterocycles. The van der Waals surface area contributed by atoms with Crippen LogP contribution in [0.2, 0.25) is 5.02 Å². The van der Waals surface area contributed by atoms with Crippen LogP contribution in [0.4, 0.5) is 5.69 Å². The Labute approximate surface area is 172 Å². The van der Waals surface area contributed by atoms with Gasteiger partial charge >= 0.3 is 5.97 Å². The number of para-hydroxylation sites is 1. The molecule has 0 atom stereocenters. The summed E-state index contributed by atoms with van der Waals surface area (Å²) in [6.45, 7) is 5.86. The van der Waals surface area contributed by atoms with E-state index in [0.717, 1.165) is 15.4 Å². The number of hydrogen-bond acceptors (Lipinski definition) is 4. The lowest BCUT2D eigenvalue weighted by Gasteiger charge is -2.12. The molecule has 0 aromatic heterocycles. The molecule has 0 fully saturated rings. The fraction of sp³-hybridized carbons (Fsp3) is 0.143. The van der Waals surface area contributed by atoms with Crippen LogP contribution >= 0.6 is 23.4 Å². The van der Waals surface area contributed by atoms with Crippen molar-refractivity contribution in [3.8, 4) is 5.75 Å². The Balaban J connectivity index is 1.94. The van der Waals surface area contributed by atoms with Crippen LogP contribution in [0, 0.1) is 0 Å². The second-order valence-electron chi connectivity index (χ2n) is 5.86.